The standard InChI is InChI=1S/C16H21N3O/c17-8-12-20-13-6-10-19(11-7-13)16-5-9-18-15-4-2-1-3-14(15)16/h1-5,9,13H,6-8,10-12,17H2. The molecule has 2 aromatic rings. The van der Waals surface area contributed by atoms with Crippen LogP contribution < -0.4 is 10.6 Å². The van der Waals surface area contributed by atoms with Gasteiger partial charge in [0, 0.05) is 36.9 Å². The molecule has 0 saturated carbocycles. The number of pyridine rings is 1. The zero-order valence-electron chi connectivity index (χ0n) is 11.7. The Labute approximate surface area is 119 Å². The van der Waals surface area contributed by atoms with Gasteiger partial charge in [-0.25, -0.2) is 0 Å². The van der Waals surface area contributed by atoms with Gasteiger partial charge in [-0.2, -0.15) is 0 Å². The topological polar surface area (TPSA) is 51.4 Å². The highest BCUT2D eigenvalue weighted by Gasteiger charge is 2.20. The molecule has 1 aromatic carbocycles. The quantitative estimate of drug-likeness (QED) is 0.926. The Morgan fingerprint density at radius 2 is 2.00 bits per heavy atom. The van der Waals surface area contributed by atoms with Crippen LogP contribution in [0, 0.1) is 0 Å². The average molecular weight is 271 g/mol. The van der Waals surface area contributed by atoms with Crippen LogP contribution in [0.4, 0.5) is 5.69 Å². The van der Waals surface area contributed by atoms with Gasteiger partial charge in [-0.05, 0) is 25.0 Å². The summed E-state index contributed by atoms with van der Waals surface area (Å²) in [5.74, 6) is 0. The summed E-state index contributed by atoms with van der Waals surface area (Å²) in [6.07, 6.45) is 4.39. The van der Waals surface area contributed by atoms with Gasteiger partial charge >= 0.3 is 0 Å². The second-order valence-electron chi connectivity index (χ2n) is 5.19. The number of hydrogen-bond acceptors (Lipinski definition) is 4. The summed E-state index contributed by atoms with van der Waals surface area (Å²) in [6.45, 7) is 3.34. The number of benzene rings is 1. The van der Waals surface area contributed by atoms with Crippen LogP contribution >= 0.6 is 0 Å². The monoisotopic (exact) mass is 271 g/mol. The van der Waals surface area contributed by atoms with E-state index in [1.54, 1.807) is 0 Å². The summed E-state index contributed by atoms with van der Waals surface area (Å²) >= 11 is 0. The van der Waals surface area contributed by atoms with Gasteiger partial charge in [0.1, 0.15) is 0 Å². The van der Waals surface area contributed by atoms with Crippen molar-refractivity contribution in [3.05, 3.63) is 36.5 Å². The molecule has 20 heavy (non-hydrogen) atoms. The summed E-state index contributed by atoms with van der Waals surface area (Å²) in [5, 5.41) is 1.23. The van der Waals surface area contributed by atoms with E-state index in [-0.39, 0.29) is 0 Å². The van der Waals surface area contributed by atoms with Crippen LogP contribution in [0.1, 0.15) is 12.8 Å². The van der Waals surface area contributed by atoms with E-state index in [1.165, 1.54) is 11.1 Å². The van der Waals surface area contributed by atoms with E-state index in [9.17, 15) is 0 Å². The van der Waals surface area contributed by atoms with E-state index in [0.29, 0.717) is 19.3 Å². The fraction of sp³-hybridized carbons (Fsp3) is 0.438. The Kier molecular flexibility index (Phi) is 4.14. The first kappa shape index (κ1) is 13.3. The van der Waals surface area contributed by atoms with Gasteiger partial charge in [0.05, 0.1) is 18.2 Å². The summed E-state index contributed by atoms with van der Waals surface area (Å²) in [7, 11) is 0. The molecule has 0 unspecified atom stereocenters. The number of piperidine rings is 1. The smallest absolute Gasteiger partial charge is 0.0722 e. The van der Waals surface area contributed by atoms with Crippen molar-refractivity contribution in [1.29, 1.82) is 0 Å². The highest BCUT2D eigenvalue weighted by molar-refractivity contribution is 5.91. The third-order valence-electron chi connectivity index (χ3n) is 3.88. The minimum atomic E-state index is 0.364. The number of nitrogens with zero attached hydrogens (tertiary/aromatic N) is 2. The van der Waals surface area contributed by atoms with Crippen LogP contribution in [0.15, 0.2) is 36.5 Å². The third kappa shape index (κ3) is 2.76. The maximum atomic E-state index is 5.74. The number of para-hydroxylation sites is 1. The zero-order valence-corrected chi connectivity index (χ0v) is 11.7. The average Bonchev–Trinajstić information content (AvgIpc) is 2.53. The number of fused-ring (bicyclic) bond motifs is 1. The molecular weight excluding hydrogens is 250 g/mol. The number of aromatic nitrogens is 1. The molecule has 0 atom stereocenters. The van der Waals surface area contributed by atoms with Crippen molar-refractivity contribution in [3.63, 3.8) is 0 Å². The minimum Gasteiger partial charge on any atom is -0.377 e. The Morgan fingerprint density at radius 3 is 2.80 bits per heavy atom. The van der Waals surface area contributed by atoms with Crippen molar-refractivity contribution in [1.82, 2.24) is 4.98 Å². The van der Waals surface area contributed by atoms with Crippen molar-refractivity contribution in [2.24, 2.45) is 5.73 Å². The number of nitrogens with two attached hydrogens (primary N) is 1. The van der Waals surface area contributed by atoms with Crippen LogP contribution in [-0.4, -0.2) is 37.3 Å². The van der Waals surface area contributed by atoms with Gasteiger partial charge in [-0.3, -0.25) is 4.98 Å². The van der Waals surface area contributed by atoms with Crippen LogP contribution in [0.3, 0.4) is 0 Å². The van der Waals surface area contributed by atoms with Crippen molar-refractivity contribution in [2.45, 2.75) is 18.9 Å². The van der Waals surface area contributed by atoms with E-state index < -0.39 is 0 Å². The van der Waals surface area contributed by atoms with Gasteiger partial charge in [0.15, 0.2) is 0 Å². The Balaban J connectivity index is 1.74. The summed E-state index contributed by atoms with van der Waals surface area (Å²) in [5.41, 5.74) is 7.83. The molecule has 1 aliphatic rings. The summed E-state index contributed by atoms with van der Waals surface area (Å²) in [4.78, 5) is 6.86. The first-order valence-corrected chi connectivity index (χ1v) is 7.29. The molecule has 1 aliphatic heterocycles. The van der Waals surface area contributed by atoms with Gasteiger partial charge in [-0.1, -0.05) is 18.2 Å². The first-order valence-electron chi connectivity index (χ1n) is 7.29. The number of hydrogen-bond donors (Lipinski definition) is 1. The molecule has 0 radical (unpaired) electrons. The number of rotatable bonds is 4. The van der Waals surface area contributed by atoms with Crippen molar-refractivity contribution >= 4 is 16.6 Å². The normalized spacial score (nSPS) is 16.8. The lowest BCUT2D eigenvalue weighted by atomic mass is 10.1. The molecule has 0 amide bonds. The van der Waals surface area contributed by atoms with Gasteiger partial charge < -0.3 is 15.4 Å². The highest BCUT2D eigenvalue weighted by Crippen LogP contribution is 2.28. The molecule has 1 saturated heterocycles. The summed E-state index contributed by atoms with van der Waals surface area (Å²) in [6, 6.07) is 10.4. The third-order valence-corrected chi connectivity index (χ3v) is 3.88. The fourth-order valence-corrected chi connectivity index (χ4v) is 2.85. The fourth-order valence-electron chi connectivity index (χ4n) is 2.85. The Morgan fingerprint density at radius 1 is 1.20 bits per heavy atom. The van der Waals surface area contributed by atoms with E-state index >= 15 is 0 Å². The second kappa shape index (κ2) is 6.20. The molecule has 4 heteroatoms. The highest BCUT2D eigenvalue weighted by atomic mass is 16.5. The van der Waals surface area contributed by atoms with E-state index in [0.717, 1.165) is 31.4 Å². The Bertz CT molecular complexity index is 559. The molecule has 0 aliphatic carbocycles. The van der Waals surface area contributed by atoms with Crippen LogP contribution in [0.25, 0.3) is 10.9 Å². The van der Waals surface area contributed by atoms with E-state index in [2.05, 4.69) is 34.1 Å². The number of anilines is 1. The molecular formula is C16H21N3O. The van der Waals surface area contributed by atoms with Gasteiger partial charge in [0.2, 0.25) is 0 Å². The van der Waals surface area contributed by atoms with Crippen molar-refractivity contribution in [2.75, 3.05) is 31.1 Å². The molecule has 0 spiro atoms. The predicted octanol–water partition coefficient (Wildman–Crippen LogP) is 2.18. The molecule has 4 nitrogen and oxygen atoms in total. The van der Waals surface area contributed by atoms with Crippen LogP contribution in [-0.2, 0) is 4.74 Å². The molecule has 0 bridgehead atoms. The maximum Gasteiger partial charge on any atom is 0.0722 e. The molecule has 2 heterocycles. The van der Waals surface area contributed by atoms with E-state index in [1.807, 2.05) is 12.3 Å². The second-order valence-corrected chi connectivity index (χ2v) is 5.19. The molecule has 1 fully saturated rings. The molecule has 1 aromatic heterocycles. The largest absolute Gasteiger partial charge is 0.377 e. The Hall–Kier alpha value is -1.65. The number of ether oxygens (including phenoxy) is 1. The summed E-state index contributed by atoms with van der Waals surface area (Å²) < 4.78 is 5.74. The minimum absolute atomic E-state index is 0.364. The van der Waals surface area contributed by atoms with Gasteiger partial charge in [-0.15, -0.1) is 0 Å². The van der Waals surface area contributed by atoms with E-state index in [4.69, 9.17) is 10.5 Å². The molecule has 106 valence electrons. The zero-order chi connectivity index (χ0) is 13.8. The lowest BCUT2D eigenvalue weighted by Gasteiger charge is -2.34. The van der Waals surface area contributed by atoms with Crippen molar-refractivity contribution < 1.29 is 4.74 Å². The lowest BCUT2D eigenvalue weighted by Crippen LogP contribution is -2.37. The predicted molar refractivity (Wildman–Crippen MR) is 82.0 cm³/mol. The molecule has 2 N–H and O–H groups in total. The lowest BCUT2D eigenvalue weighted by molar-refractivity contribution is 0.0422. The molecule has 3 rings (SSSR count). The van der Waals surface area contributed by atoms with Gasteiger partial charge in [0.25, 0.3) is 0 Å². The van der Waals surface area contributed by atoms with Crippen LogP contribution in [0.2, 0.25) is 0 Å². The van der Waals surface area contributed by atoms with Crippen molar-refractivity contribution in [3.8, 4) is 0 Å². The SMILES string of the molecule is NCCOC1CCN(c2ccnc3ccccc23)CC1. The first-order chi connectivity index (χ1) is 9.88. The van der Waals surface area contributed by atoms with Crippen LogP contribution in [0.5, 0.6) is 0 Å². The maximum absolute atomic E-state index is 5.74.